The summed E-state index contributed by atoms with van der Waals surface area (Å²) in [4.78, 5) is 13.0. The number of carbonyl (C=O) groups is 1. The number of carbonyl (C=O) groups excluding carboxylic acids is 1. The molecule has 1 aliphatic heterocycles. The molecule has 10 heavy (non-hydrogen) atoms. The highest BCUT2D eigenvalue weighted by Gasteiger charge is 2.37. The van der Waals surface area contributed by atoms with Crippen molar-refractivity contribution in [2.45, 2.75) is 12.1 Å². The van der Waals surface area contributed by atoms with Gasteiger partial charge >= 0.3 is 0 Å². The second kappa shape index (κ2) is 2.55. The van der Waals surface area contributed by atoms with Crippen LogP contribution in [0, 0.1) is 0 Å². The minimum Gasteiger partial charge on any atom is -0.394 e. The monoisotopic (exact) mass is 142 g/mol. The molecule has 1 rings (SSSR count). The van der Waals surface area contributed by atoms with Gasteiger partial charge in [-0.1, -0.05) is 5.11 Å². The molecule has 6 nitrogen and oxygen atoms in total. The minimum absolute atomic E-state index is 0.185. The van der Waals surface area contributed by atoms with Crippen LogP contribution < -0.4 is 5.32 Å². The molecule has 2 N–H and O–H groups in total. The molecular formula is C4H6N4O2. The fraction of sp³-hybridized carbons (Fsp3) is 0.750. The van der Waals surface area contributed by atoms with Gasteiger partial charge in [-0.3, -0.25) is 4.79 Å². The van der Waals surface area contributed by atoms with Crippen LogP contribution in [0.1, 0.15) is 0 Å². The SMILES string of the molecule is [N-]=[N+]=N[C@@H]1C(=O)N[C@@H]1CO. The predicted octanol–water partition coefficient (Wildman–Crippen LogP) is -0.844. The number of rotatable bonds is 2. The molecule has 1 amide bonds. The quantitative estimate of drug-likeness (QED) is 0.227. The number of aliphatic hydroxyl groups is 1. The van der Waals surface area contributed by atoms with E-state index in [-0.39, 0.29) is 18.6 Å². The van der Waals surface area contributed by atoms with E-state index in [4.69, 9.17) is 10.6 Å². The van der Waals surface area contributed by atoms with E-state index in [2.05, 4.69) is 15.3 Å². The first-order valence-corrected chi connectivity index (χ1v) is 2.75. The van der Waals surface area contributed by atoms with Crippen molar-refractivity contribution in [2.24, 2.45) is 5.11 Å². The normalized spacial score (nSPS) is 29.9. The van der Waals surface area contributed by atoms with E-state index in [9.17, 15) is 4.79 Å². The molecule has 1 aliphatic rings. The van der Waals surface area contributed by atoms with Gasteiger partial charge in [0.05, 0.1) is 12.6 Å². The molecule has 6 heteroatoms. The lowest BCUT2D eigenvalue weighted by Crippen LogP contribution is -2.62. The Balaban J connectivity index is 2.55. The summed E-state index contributed by atoms with van der Waals surface area (Å²) in [5.41, 5.74) is 7.93. The van der Waals surface area contributed by atoms with Crippen molar-refractivity contribution in [1.82, 2.24) is 5.32 Å². The Kier molecular flexibility index (Phi) is 1.75. The van der Waals surface area contributed by atoms with Gasteiger partial charge in [0, 0.05) is 4.91 Å². The Bertz CT molecular complexity index is 195. The lowest BCUT2D eigenvalue weighted by Gasteiger charge is -2.31. The van der Waals surface area contributed by atoms with Gasteiger partial charge in [0.15, 0.2) is 0 Å². The van der Waals surface area contributed by atoms with Crippen molar-refractivity contribution in [3.63, 3.8) is 0 Å². The minimum atomic E-state index is -0.713. The van der Waals surface area contributed by atoms with Gasteiger partial charge in [-0.25, -0.2) is 0 Å². The van der Waals surface area contributed by atoms with Gasteiger partial charge in [-0.05, 0) is 5.53 Å². The molecule has 0 aromatic heterocycles. The Labute approximate surface area is 56.5 Å². The lowest BCUT2D eigenvalue weighted by molar-refractivity contribution is -0.131. The second-order valence-corrected chi connectivity index (χ2v) is 1.95. The summed E-state index contributed by atoms with van der Waals surface area (Å²) in [7, 11) is 0. The van der Waals surface area contributed by atoms with Crippen molar-refractivity contribution in [3.05, 3.63) is 10.4 Å². The lowest BCUT2D eigenvalue weighted by atomic mass is 10.0. The summed E-state index contributed by atoms with van der Waals surface area (Å²) < 4.78 is 0. The molecular weight excluding hydrogens is 136 g/mol. The Morgan fingerprint density at radius 1 is 1.90 bits per heavy atom. The predicted molar refractivity (Wildman–Crippen MR) is 32.0 cm³/mol. The van der Waals surface area contributed by atoms with Crippen LogP contribution in [0.25, 0.3) is 10.4 Å². The number of aliphatic hydroxyl groups excluding tert-OH is 1. The third-order valence-corrected chi connectivity index (χ3v) is 1.35. The average Bonchev–Trinajstić information content (AvgIpc) is 1.95. The number of nitrogens with one attached hydrogen (secondary N) is 1. The summed E-state index contributed by atoms with van der Waals surface area (Å²) in [5, 5.41) is 14.0. The third-order valence-electron chi connectivity index (χ3n) is 1.35. The molecule has 0 aliphatic carbocycles. The van der Waals surface area contributed by atoms with Crippen LogP contribution in [-0.4, -0.2) is 29.7 Å². The van der Waals surface area contributed by atoms with E-state index < -0.39 is 6.04 Å². The highest BCUT2D eigenvalue weighted by molar-refractivity contribution is 5.89. The molecule has 1 heterocycles. The van der Waals surface area contributed by atoms with E-state index in [1.54, 1.807) is 0 Å². The molecule has 0 aromatic rings. The number of amides is 1. The number of azide groups is 1. The van der Waals surface area contributed by atoms with Crippen molar-refractivity contribution in [1.29, 1.82) is 0 Å². The van der Waals surface area contributed by atoms with Crippen LogP contribution in [0.4, 0.5) is 0 Å². The zero-order valence-corrected chi connectivity index (χ0v) is 5.06. The molecule has 54 valence electrons. The first-order chi connectivity index (χ1) is 4.79. The van der Waals surface area contributed by atoms with E-state index in [0.717, 1.165) is 0 Å². The van der Waals surface area contributed by atoms with Crippen molar-refractivity contribution >= 4 is 5.91 Å². The molecule has 1 saturated heterocycles. The van der Waals surface area contributed by atoms with E-state index in [1.807, 2.05) is 0 Å². The Hall–Kier alpha value is -1.26. The highest BCUT2D eigenvalue weighted by Crippen LogP contribution is 2.09. The van der Waals surface area contributed by atoms with Gasteiger partial charge < -0.3 is 10.4 Å². The third kappa shape index (κ3) is 0.896. The van der Waals surface area contributed by atoms with Gasteiger partial charge in [0.25, 0.3) is 0 Å². The average molecular weight is 142 g/mol. The van der Waals surface area contributed by atoms with E-state index in [0.29, 0.717) is 0 Å². The molecule has 0 saturated carbocycles. The Morgan fingerprint density at radius 3 is 3.00 bits per heavy atom. The molecule has 1 fully saturated rings. The summed E-state index contributed by atoms with van der Waals surface area (Å²) in [5.74, 6) is -0.322. The zero-order chi connectivity index (χ0) is 7.56. The summed E-state index contributed by atoms with van der Waals surface area (Å²) in [6.07, 6.45) is 0. The van der Waals surface area contributed by atoms with Crippen molar-refractivity contribution in [3.8, 4) is 0 Å². The topological polar surface area (TPSA) is 98.1 Å². The molecule has 0 radical (unpaired) electrons. The highest BCUT2D eigenvalue weighted by atomic mass is 16.3. The van der Waals surface area contributed by atoms with Crippen LogP contribution in [0.2, 0.25) is 0 Å². The first kappa shape index (κ1) is 6.85. The van der Waals surface area contributed by atoms with Crippen molar-refractivity contribution in [2.75, 3.05) is 6.61 Å². The van der Waals surface area contributed by atoms with Gasteiger partial charge in [0.1, 0.15) is 6.04 Å². The van der Waals surface area contributed by atoms with Crippen LogP contribution in [0.15, 0.2) is 5.11 Å². The van der Waals surface area contributed by atoms with E-state index in [1.165, 1.54) is 0 Å². The molecule has 0 bridgehead atoms. The second-order valence-electron chi connectivity index (χ2n) is 1.95. The number of hydrogen-bond acceptors (Lipinski definition) is 3. The maximum Gasteiger partial charge on any atom is 0.231 e. The maximum atomic E-state index is 10.5. The fourth-order valence-electron chi connectivity index (χ4n) is 0.768. The van der Waals surface area contributed by atoms with Gasteiger partial charge in [0.2, 0.25) is 5.91 Å². The molecule has 0 unspecified atom stereocenters. The molecule has 0 spiro atoms. The van der Waals surface area contributed by atoms with Gasteiger partial charge in [-0.2, -0.15) is 0 Å². The fourth-order valence-corrected chi connectivity index (χ4v) is 0.768. The van der Waals surface area contributed by atoms with Crippen molar-refractivity contribution < 1.29 is 9.90 Å². The molecule has 0 aromatic carbocycles. The largest absolute Gasteiger partial charge is 0.394 e. The van der Waals surface area contributed by atoms with Crippen LogP contribution in [0.5, 0.6) is 0 Å². The zero-order valence-electron chi connectivity index (χ0n) is 5.06. The van der Waals surface area contributed by atoms with Crippen LogP contribution >= 0.6 is 0 Å². The Morgan fingerprint density at radius 2 is 2.60 bits per heavy atom. The standard InChI is InChI=1S/C4H6N4O2/c5-8-7-3-2(1-9)6-4(3)10/h2-3,9H,1H2,(H,6,10)/t2-,3+/m1/s1. The first-order valence-electron chi connectivity index (χ1n) is 2.75. The molecule has 2 atom stereocenters. The number of hydrogen-bond donors (Lipinski definition) is 2. The maximum absolute atomic E-state index is 10.5. The van der Waals surface area contributed by atoms with Gasteiger partial charge in [-0.15, -0.1) is 0 Å². The van der Waals surface area contributed by atoms with Crippen LogP contribution in [0.3, 0.4) is 0 Å². The summed E-state index contributed by atoms with van der Waals surface area (Å²) in [6.45, 7) is -0.185. The number of nitrogens with zero attached hydrogens (tertiary/aromatic N) is 3. The smallest absolute Gasteiger partial charge is 0.231 e. The van der Waals surface area contributed by atoms with E-state index >= 15 is 0 Å². The van der Waals surface area contributed by atoms with Crippen LogP contribution in [-0.2, 0) is 4.79 Å². The number of β-lactam (4-membered cyclic amide) rings is 1. The summed E-state index contributed by atoms with van der Waals surface area (Å²) >= 11 is 0. The summed E-state index contributed by atoms with van der Waals surface area (Å²) in [6, 6.07) is -1.10.